The second-order valence-electron chi connectivity index (χ2n) is 3.73. The van der Waals surface area contributed by atoms with E-state index in [0.29, 0.717) is 5.84 Å². The lowest BCUT2D eigenvalue weighted by molar-refractivity contribution is -0.500. The van der Waals surface area contributed by atoms with Gasteiger partial charge in [-0.1, -0.05) is 0 Å². The minimum absolute atomic E-state index is 0.0135. The Balaban J connectivity index is 2.34. The van der Waals surface area contributed by atoms with E-state index in [9.17, 15) is 9.59 Å². The molecule has 0 aromatic carbocycles. The molecule has 2 rings (SSSR count). The number of rotatable bonds is 2. The highest BCUT2D eigenvalue weighted by molar-refractivity contribution is 6.21. The first-order chi connectivity index (χ1) is 7.57. The summed E-state index contributed by atoms with van der Waals surface area (Å²) in [6.07, 6.45) is 1.52. The highest BCUT2D eigenvalue weighted by Crippen LogP contribution is 2.16. The molecule has 2 aliphatic rings. The molecule has 0 aromatic heterocycles. The average Bonchev–Trinajstić information content (AvgIpc) is 2.64. The maximum Gasteiger partial charge on any atom is 0.333 e. The summed E-state index contributed by atoms with van der Waals surface area (Å²) in [5.74, 6) is 0.0961. The van der Waals surface area contributed by atoms with E-state index in [1.807, 2.05) is 0 Å². The first-order valence-electron chi connectivity index (χ1n) is 4.91. The zero-order valence-electron chi connectivity index (χ0n) is 9.12. The van der Waals surface area contributed by atoms with Gasteiger partial charge in [0.1, 0.15) is 0 Å². The highest BCUT2D eigenvalue weighted by Gasteiger charge is 2.50. The Hall–Kier alpha value is -1.76. The van der Waals surface area contributed by atoms with Crippen molar-refractivity contribution in [3.63, 3.8) is 0 Å². The number of fused-ring (bicyclic) bond motifs is 1. The van der Waals surface area contributed by atoms with Gasteiger partial charge in [-0.3, -0.25) is 14.6 Å². The second-order valence-corrected chi connectivity index (χ2v) is 3.73. The number of hydrogen-bond acceptors (Lipinski definition) is 4. The molecule has 7 nitrogen and oxygen atoms in total. The number of carbonyl (C=O) groups excluding carboxylic acids is 2. The van der Waals surface area contributed by atoms with E-state index in [1.165, 1.54) is 11.2 Å². The standard InChI is InChI=1S/C9H13N4O3/c1-11-5-10-7-6(11)8(15)13(3-4-14)9(16)12(7)2/h5-6,14H,3-4H2,1-2H3/q+1. The molecule has 0 saturated carbocycles. The Kier molecular flexibility index (Phi) is 2.47. The van der Waals surface area contributed by atoms with Crippen molar-refractivity contribution < 1.29 is 19.3 Å². The number of aliphatic hydroxyl groups excluding tert-OH is 1. The number of hydrogen-bond donors (Lipinski definition) is 1. The summed E-state index contributed by atoms with van der Waals surface area (Å²) >= 11 is 0. The van der Waals surface area contributed by atoms with Gasteiger partial charge in [-0.15, -0.1) is 0 Å². The van der Waals surface area contributed by atoms with Gasteiger partial charge in [0.05, 0.1) is 20.2 Å². The maximum atomic E-state index is 12.0. The van der Waals surface area contributed by atoms with Crippen molar-refractivity contribution in [2.45, 2.75) is 6.04 Å². The largest absolute Gasteiger partial charge is 0.395 e. The normalized spacial score (nSPS) is 24.6. The number of carbonyl (C=O) groups is 2. The van der Waals surface area contributed by atoms with Crippen molar-refractivity contribution in [2.75, 3.05) is 27.2 Å². The molecule has 0 spiro atoms. The quantitative estimate of drug-likeness (QED) is 0.570. The summed E-state index contributed by atoms with van der Waals surface area (Å²) in [7, 11) is 3.29. The van der Waals surface area contributed by atoms with Crippen LogP contribution in [0.25, 0.3) is 0 Å². The van der Waals surface area contributed by atoms with Gasteiger partial charge in [0.25, 0.3) is 24.1 Å². The third kappa shape index (κ3) is 1.32. The SMILES string of the molecule is CN1C(=O)N(CCO)C(=O)C2C1=NC=[N+]2C. The molecule has 7 heteroatoms. The topological polar surface area (TPSA) is 76.2 Å². The fourth-order valence-electron chi connectivity index (χ4n) is 1.85. The van der Waals surface area contributed by atoms with E-state index < -0.39 is 12.1 Å². The van der Waals surface area contributed by atoms with Crippen molar-refractivity contribution >= 4 is 24.1 Å². The zero-order valence-corrected chi connectivity index (χ0v) is 9.12. The van der Waals surface area contributed by atoms with Crippen LogP contribution in [0, 0.1) is 0 Å². The molecular formula is C9H13N4O3+. The van der Waals surface area contributed by atoms with E-state index in [0.717, 1.165) is 4.90 Å². The van der Waals surface area contributed by atoms with Crippen LogP contribution in [0.4, 0.5) is 4.79 Å². The number of urea groups is 1. The molecule has 2 aliphatic heterocycles. The smallest absolute Gasteiger partial charge is 0.333 e. The summed E-state index contributed by atoms with van der Waals surface area (Å²) in [6.45, 7) is -0.225. The van der Waals surface area contributed by atoms with E-state index in [1.54, 1.807) is 18.7 Å². The van der Waals surface area contributed by atoms with Crippen molar-refractivity contribution in [3.8, 4) is 0 Å². The molecule has 0 bridgehead atoms. The van der Waals surface area contributed by atoms with Crippen LogP contribution in [0.5, 0.6) is 0 Å². The molecule has 0 radical (unpaired) electrons. The van der Waals surface area contributed by atoms with Crippen LogP contribution in [0.3, 0.4) is 0 Å². The van der Waals surface area contributed by atoms with Crippen LogP contribution in [0.2, 0.25) is 0 Å². The molecule has 1 atom stereocenters. The predicted octanol–water partition coefficient (Wildman–Crippen LogP) is -1.68. The number of amides is 3. The lowest BCUT2D eigenvalue weighted by atomic mass is 10.1. The Morgan fingerprint density at radius 1 is 1.56 bits per heavy atom. The van der Waals surface area contributed by atoms with Gasteiger partial charge < -0.3 is 5.11 Å². The van der Waals surface area contributed by atoms with Crippen molar-refractivity contribution in [1.82, 2.24) is 9.80 Å². The molecule has 2 heterocycles. The summed E-state index contributed by atoms with van der Waals surface area (Å²) in [5, 5.41) is 8.83. The Bertz CT molecular complexity index is 415. The Morgan fingerprint density at radius 3 is 2.88 bits per heavy atom. The van der Waals surface area contributed by atoms with Crippen molar-refractivity contribution in [3.05, 3.63) is 0 Å². The summed E-state index contributed by atoms with van der Waals surface area (Å²) in [4.78, 5) is 30.2. The third-order valence-corrected chi connectivity index (χ3v) is 2.71. The summed E-state index contributed by atoms with van der Waals surface area (Å²) < 4.78 is 1.64. The number of amidine groups is 1. The third-order valence-electron chi connectivity index (χ3n) is 2.71. The maximum absolute atomic E-state index is 12.0. The van der Waals surface area contributed by atoms with E-state index in [4.69, 9.17) is 5.11 Å². The summed E-state index contributed by atoms with van der Waals surface area (Å²) in [6, 6.07) is -0.994. The average molecular weight is 225 g/mol. The van der Waals surface area contributed by atoms with E-state index >= 15 is 0 Å². The lowest BCUT2D eigenvalue weighted by Gasteiger charge is -2.32. The van der Waals surface area contributed by atoms with Crippen LogP contribution in [0.1, 0.15) is 0 Å². The van der Waals surface area contributed by atoms with Gasteiger partial charge in [-0.2, -0.15) is 0 Å². The number of likely N-dealkylation sites (N-methyl/N-ethyl adjacent to an activating group) is 2. The molecule has 1 fully saturated rings. The molecule has 16 heavy (non-hydrogen) atoms. The minimum Gasteiger partial charge on any atom is -0.395 e. The first-order valence-corrected chi connectivity index (χ1v) is 4.91. The fourth-order valence-corrected chi connectivity index (χ4v) is 1.85. The first kappa shape index (κ1) is 10.7. The highest BCUT2D eigenvalue weighted by atomic mass is 16.3. The molecule has 86 valence electrons. The summed E-state index contributed by atoms with van der Waals surface area (Å²) in [5.41, 5.74) is 0. The second kappa shape index (κ2) is 3.67. The van der Waals surface area contributed by atoms with Gasteiger partial charge in [-0.25, -0.2) is 9.37 Å². The Morgan fingerprint density at radius 2 is 2.25 bits per heavy atom. The van der Waals surface area contributed by atoms with Crippen LogP contribution in [0.15, 0.2) is 4.99 Å². The molecular weight excluding hydrogens is 212 g/mol. The van der Waals surface area contributed by atoms with Crippen LogP contribution >= 0.6 is 0 Å². The van der Waals surface area contributed by atoms with Gasteiger partial charge in [-0.05, 0) is 4.99 Å². The molecule has 0 aromatic rings. The fraction of sp³-hybridized carbons (Fsp3) is 0.556. The van der Waals surface area contributed by atoms with Crippen molar-refractivity contribution in [1.29, 1.82) is 0 Å². The number of aliphatic imine (C=N–C) groups is 1. The van der Waals surface area contributed by atoms with Crippen LogP contribution < -0.4 is 0 Å². The number of aliphatic hydroxyl groups is 1. The van der Waals surface area contributed by atoms with E-state index in [2.05, 4.69) is 4.99 Å². The molecule has 0 aliphatic carbocycles. The molecule has 1 unspecified atom stereocenters. The number of nitrogens with zero attached hydrogens (tertiary/aromatic N) is 4. The number of imide groups is 1. The van der Waals surface area contributed by atoms with E-state index in [-0.39, 0.29) is 19.1 Å². The monoisotopic (exact) mass is 225 g/mol. The van der Waals surface area contributed by atoms with Gasteiger partial charge in [0.2, 0.25) is 0 Å². The number of β-amino-alcohol motifs (C(OH)–C–C–N with tert-alkyl or cyclic N) is 1. The molecule has 1 saturated heterocycles. The molecule has 3 amide bonds. The minimum atomic E-state index is -0.547. The van der Waals surface area contributed by atoms with Gasteiger partial charge in [0, 0.05) is 7.05 Å². The van der Waals surface area contributed by atoms with Gasteiger partial charge in [0.15, 0.2) is 0 Å². The zero-order chi connectivity index (χ0) is 11.9. The van der Waals surface area contributed by atoms with Crippen molar-refractivity contribution in [2.24, 2.45) is 4.99 Å². The van der Waals surface area contributed by atoms with Crippen LogP contribution in [-0.2, 0) is 4.79 Å². The predicted molar refractivity (Wildman–Crippen MR) is 55.4 cm³/mol. The van der Waals surface area contributed by atoms with Crippen LogP contribution in [-0.4, -0.2) is 76.9 Å². The molecule has 1 N–H and O–H groups in total. The lowest BCUT2D eigenvalue weighted by Crippen LogP contribution is -2.62. The van der Waals surface area contributed by atoms with Gasteiger partial charge >= 0.3 is 6.03 Å². The Labute approximate surface area is 92.3 Å².